The molecule has 5 heterocycles. The number of piperidine rings is 1. The van der Waals surface area contributed by atoms with Gasteiger partial charge >= 0.3 is 0 Å². The second kappa shape index (κ2) is 14.8. The average Bonchev–Trinajstić information content (AvgIpc) is 3.07. The van der Waals surface area contributed by atoms with Gasteiger partial charge in [0.05, 0.1) is 17.9 Å². The number of carbonyl (C=O) groups is 3. The van der Waals surface area contributed by atoms with Crippen LogP contribution in [0, 0.1) is 11.7 Å². The van der Waals surface area contributed by atoms with E-state index >= 15 is 0 Å². The normalized spacial score (nSPS) is 13.2. The van der Waals surface area contributed by atoms with E-state index in [-0.39, 0.29) is 29.7 Å². The largest absolute Gasteiger partial charge is 0.483 e. The highest BCUT2D eigenvalue weighted by molar-refractivity contribution is 6.03. The number of rotatable bonds is 7. The second-order valence-corrected chi connectivity index (χ2v) is 10.6. The zero-order valence-corrected chi connectivity index (χ0v) is 25.2. The molecule has 0 unspecified atom stereocenters. The minimum Gasteiger partial charge on any atom is -0.483 e. The number of aromatic nitrogens is 4. The Balaban J connectivity index is 0.00000139. The predicted molar refractivity (Wildman–Crippen MR) is 171 cm³/mol. The van der Waals surface area contributed by atoms with Crippen molar-refractivity contribution in [2.75, 3.05) is 30.8 Å². The number of likely N-dealkylation sites (tertiary alicyclic amines) is 1. The van der Waals surface area contributed by atoms with Gasteiger partial charge in [0.1, 0.15) is 34.5 Å². The maximum atomic E-state index is 13.3. The third-order valence-electron chi connectivity index (χ3n) is 7.43. The molecule has 1 aliphatic rings. The first-order valence-electron chi connectivity index (χ1n) is 14.5. The molecule has 1 fully saturated rings. The molecule has 1 aromatic carbocycles. The van der Waals surface area contributed by atoms with E-state index < -0.39 is 17.3 Å². The van der Waals surface area contributed by atoms with E-state index in [9.17, 15) is 18.8 Å². The standard InChI is InChI=1S/C32H28FN7O4.CH2O2/c1-39-15-11-20(12-16-39)30(41)38-29-17-25-26(19-36-29)34-13-10-27(25)44-23-8-9-28(35-18-23)37-31(42)24-3-2-14-40(32(24)43)22-6-4-21(33)5-7-22;2-1-3/h2-10,13-14,17-20H,11-12,15-16H2,1H3,(H,35,37,42)(H,36,38,41);1H,(H,2,3). The fourth-order valence-corrected chi connectivity index (χ4v) is 4.98. The average molecular weight is 640 g/mol. The number of benzene rings is 1. The van der Waals surface area contributed by atoms with Gasteiger partial charge in [-0.05, 0) is 93.6 Å². The van der Waals surface area contributed by atoms with E-state index in [1.165, 1.54) is 47.3 Å². The Hall–Kier alpha value is -6.02. The van der Waals surface area contributed by atoms with Crippen molar-refractivity contribution in [3.8, 4) is 17.2 Å². The Morgan fingerprint density at radius 1 is 0.979 bits per heavy atom. The summed E-state index contributed by atoms with van der Waals surface area (Å²) in [5.41, 5.74) is 0.356. The van der Waals surface area contributed by atoms with Crippen molar-refractivity contribution in [3.05, 3.63) is 107 Å². The van der Waals surface area contributed by atoms with E-state index in [4.69, 9.17) is 14.6 Å². The predicted octanol–water partition coefficient (Wildman–Crippen LogP) is 4.34. The number of halogens is 1. The number of fused-ring (bicyclic) bond motifs is 1. The van der Waals surface area contributed by atoms with Gasteiger partial charge in [0.15, 0.2) is 0 Å². The van der Waals surface area contributed by atoms with Crippen LogP contribution in [0.1, 0.15) is 23.2 Å². The molecular weight excluding hydrogens is 609 g/mol. The van der Waals surface area contributed by atoms with Crippen LogP contribution in [-0.4, -0.2) is 67.9 Å². The molecule has 2 amide bonds. The van der Waals surface area contributed by atoms with Crippen molar-refractivity contribution in [1.82, 2.24) is 24.4 Å². The summed E-state index contributed by atoms with van der Waals surface area (Å²) >= 11 is 0. The van der Waals surface area contributed by atoms with Crippen LogP contribution in [-0.2, 0) is 9.59 Å². The van der Waals surface area contributed by atoms with Crippen LogP contribution in [0.2, 0.25) is 0 Å². The molecule has 240 valence electrons. The number of pyridine rings is 4. The zero-order chi connectivity index (χ0) is 33.3. The quantitative estimate of drug-likeness (QED) is 0.218. The third kappa shape index (κ3) is 7.99. The highest BCUT2D eigenvalue weighted by Gasteiger charge is 2.24. The van der Waals surface area contributed by atoms with Crippen LogP contribution in [0.4, 0.5) is 16.0 Å². The van der Waals surface area contributed by atoms with Gasteiger partial charge in [-0.25, -0.2) is 14.4 Å². The summed E-state index contributed by atoms with van der Waals surface area (Å²) in [5, 5.41) is 13.1. The number of hydrogen-bond acceptors (Lipinski definition) is 9. The molecule has 14 heteroatoms. The summed E-state index contributed by atoms with van der Waals surface area (Å²) in [6.07, 6.45) is 7.72. The number of hydrogen-bond donors (Lipinski definition) is 3. The van der Waals surface area contributed by atoms with E-state index in [2.05, 4.69) is 30.5 Å². The van der Waals surface area contributed by atoms with Gasteiger partial charge in [0, 0.05) is 29.4 Å². The SMILES string of the molecule is CN1CCC(C(=O)Nc2cc3c(Oc4ccc(NC(=O)c5cccn(-c6ccc(F)cc6)c5=O)nc4)ccnc3cn2)CC1.O=CO. The van der Waals surface area contributed by atoms with E-state index in [0.717, 1.165) is 25.9 Å². The first kappa shape index (κ1) is 32.4. The molecule has 1 aliphatic heterocycles. The lowest BCUT2D eigenvalue weighted by molar-refractivity contribution is -0.123. The van der Waals surface area contributed by atoms with Crippen molar-refractivity contribution in [2.45, 2.75) is 12.8 Å². The summed E-state index contributed by atoms with van der Waals surface area (Å²) < 4.78 is 20.6. The van der Waals surface area contributed by atoms with E-state index in [1.807, 2.05) is 7.05 Å². The fraction of sp³-hybridized carbons (Fsp3) is 0.182. The van der Waals surface area contributed by atoms with Gasteiger partial charge in [-0.2, -0.15) is 0 Å². The van der Waals surface area contributed by atoms with Gasteiger partial charge in [-0.15, -0.1) is 0 Å². The van der Waals surface area contributed by atoms with Crippen molar-refractivity contribution in [2.24, 2.45) is 5.92 Å². The van der Waals surface area contributed by atoms with Gasteiger partial charge < -0.3 is 25.4 Å². The summed E-state index contributed by atoms with van der Waals surface area (Å²) in [6, 6.07) is 14.9. The Labute approximate surface area is 267 Å². The van der Waals surface area contributed by atoms with Crippen molar-refractivity contribution < 1.29 is 28.6 Å². The van der Waals surface area contributed by atoms with Crippen LogP contribution in [0.15, 0.2) is 90.2 Å². The topological polar surface area (TPSA) is 169 Å². The Bertz CT molecular complexity index is 1940. The Morgan fingerprint density at radius 2 is 1.70 bits per heavy atom. The maximum absolute atomic E-state index is 13.3. The number of carboxylic acid groups (broad SMARTS) is 1. The molecule has 1 saturated heterocycles. The highest BCUT2D eigenvalue weighted by atomic mass is 19.1. The van der Waals surface area contributed by atoms with Gasteiger partial charge in [-0.3, -0.25) is 28.7 Å². The number of ether oxygens (including phenoxy) is 1. The molecule has 0 saturated carbocycles. The lowest BCUT2D eigenvalue weighted by Gasteiger charge is -2.27. The number of amides is 2. The first-order valence-corrected chi connectivity index (χ1v) is 14.5. The molecule has 6 rings (SSSR count). The molecule has 5 aromatic rings. The molecule has 0 atom stereocenters. The minimum absolute atomic E-state index is 0.0528. The summed E-state index contributed by atoms with van der Waals surface area (Å²) in [5.74, 6) is 0.310. The van der Waals surface area contributed by atoms with E-state index in [0.29, 0.717) is 33.9 Å². The van der Waals surface area contributed by atoms with Crippen LogP contribution in [0.5, 0.6) is 11.5 Å². The minimum atomic E-state index is -0.643. The smallest absolute Gasteiger partial charge is 0.290 e. The summed E-state index contributed by atoms with van der Waals surface area (Å²) in [4.78, 5) is 62.2. The maximum Gasteiger partial charge on any atom is 0.290 e. The molecule has 0 spiro atoms. The molecule has 3 N–H and O–H groups in total. The van der Waals surface area contributed by atoms with E-state index in [1.54, 1.807) is 42.7 Å². The number of carbonyl (C=O) groups excluding carboxylic acids is 2. The van der Waals surface area contributed by atoms with Crippen molar-refractivity contribution >= 4 is 40.8 Å². The van der Waals surface area contributed by atoms with Gasteiger partial charge in [0.2, 0.25) is 5.91 Å². The number of nitrogens with zero attached hydrogens (tertiary/aromatic N) is 5. The molecular formula is C33H30FN7O6. The summed E-state index contributed by atoms with van der Waals surface area (Å²) in [7, 11) is 2.05. The molecule has 4 aromatic heterocycles. The third-order valence-corrected chi connectivity index (χ3v) is 7.43. The lowest BCUT2D eigenvalue weighted by atomic mass is 9.96. The number of nitrogens with one attached hydrogen (secondary N) is 2. The molecule has 0 bridgehead atoms. The molecule has 13 nitrogen and oxygen atoms in total. The van der Waals surface area contributed by atoms with Crippen molar-refractivity contribution in [1.29, 1.82) is 0 Å². The second-order valence-electron chi connectivity index (χ2n) is 10.6. The zero-order valence-electron chi connectivity index (χ0n) is 25.2. The highest BCUT2D eigenvalue weighted by Crippen LogP contribution is 2.30. The molecule has 0 aliphatic carbocycles. The van der Waals surface area contributed by atoms with Crippen molar-refractivity contribution in [3.63, 3.8) is 0 Å². The van der Waals surface area contributed by atoms with Crippen LogP contribution >= 0.6 is 0 Å². The fourth-order valence-electron chi connectivity index (χ4n) is 4.98. The Morgan fingerprint density at radius 3 is 2.40 bits per heavy atom. The molecule has 47 heavy (non-hydrogen) atoms. The monoisotopic (exact) mass is 639 g/mol. The summed E-state index contributed by atoms with van der Waals surface area (Å²) in [6.45, 7) is 1.51. The lowest BCUT2D eigenvalue weighted by Crippen LogP contribution is -2.36. The number of anilines is 2. The van der Waals surface area contributed by atoms with Crippen LogP contribution in [0.25, 0.3) is 16.6 Å². The first-order chi connectivity index (χ1) is 22.7. The Kier molecular flexibility index (Phi) is 10.2. The van der Waals surface area contributed by atoms with Gasteiger partial charge in [0.25, 0.3) is 17.9 Å². The molecule has 0 radical (unpaired) electrons. The van der Waals surface area contributed by atoms with Gasteiger partial charge in [-0.1, -0.05) is 0 Å². The van der Waals surface area contributed by atoms with Crippen LogP contribution in [0.3, 0.4) is 0 Å². The van der Waals surface area contributed by atoms with Crippen LogP contribution < -0.4 is 20.9 Å².